The zero-order chi connectivity index (χ0) is 17.9. The number of methoxy groups -OCH3 is 2. The molecule has 1 aromatic rings. The van der Waals surface area contributed by atoms with Crippen molar-refractivity contribution < 1.29 is 24.5 Å². The van der Waals surface area contributed by atoms with Gasteiger partial charge in [0, 0.05) is 18.7 Å². The maximum atomic E-state index is 12.9. The normalized spacial score (nSPS) is 25.5. The van der Waals surface area contributed by atoms with Gasteiger partial charge in [-0.15, -0.1) is 5.73 Å². The van der Waals surface area contributed by atoms with Gasteiger partial charge in [-0.05, 0) is 30.3 Å². The summed E-state index contributed by atoms with van der Waals surface area (Å²) in [6.45, 7) is 4.84. The van der Waals surface area contributed by atoms with Crippen molar-refractivity contribution in [2.45, 2.75) is 24.7 Å². The highest BCUT2D eigenvalue weighted by Crippen LogP contribution is 2.45. The van der Waals surface area contributed by atoms with Crippen LogP contribution in [0.2, 0.25) is 0 Å². The Balaban J connectivity index is 2.45. The number of nitrogens with zero attached hydrogens (tertiary/aromatic N) is 1. The average molecular weight is 333 g/mol. The van der Waals surface area contributed by atoms with Crippen LogP contribution in [0.25, 0.3) is 0 Å². The van der Waals surface area contributed by atoms with Crippen LogP contribution in [0.3, 0.4) is 0 Å². The molecule has 6 nitrogen and oxygen atoms in total. The largest absolute Gasteiger partial charge is 0.497 e. The number of β-lactam (4-membered cyclic amide) rings is 1. The molecule has 0 spiro atoms. The second-order valence-corrected chi connectivity index (χ2v) is 5.72. The molecule has 1 aliphatic rings. The van der Waals surface area contributed by atoms with Gasteiger partial charge >= 0.3 is 0 Å². The van der Waals surface area contributed by atoms with Crippen LogP contribution in [0.1, 0.15) is 6.92 Å². The molecule has 1 unspecified atom stereocenters. The van der Waals surface area contributed by atoms with Crippen LogP contribution in [0, 0.1) is 5.92 Å². The lowest BCUT2D eigenvalue weighted by molar-refractivity contribution is -0.175. The molecule has 0 bridgehead atoms. The van der Waals surface area contributed by atoms with Gasteiger partial charge in [-0.3, -0.25) is 4.79 Å². The summed E-state index contributed by atoms with van der Waals surface area (Å²) >= 11 is 0. The van der Waals surface area contributed by atoms with Gasteiger partial charge in [0.2, 0.25) is 0 Å². The Labute approximate surface area is 141 Å². The van der Waals surface area contributed by atoms with Crippen molar-refractivity contribution in [1.82, 2.24) is 0 Å². The third-order valence-electron chi connectivity index (χ3n) is 4.55. The molecule has 0 aromatic heterocycles. The molecule has 6 heteroatoms. The van der Waals surface area contributed by atoms with Crippen molar-refractivity contribution in [3.63, 3.8) is 0 Å². The highest BCUT2D eigenvalue weighted by Gasteiger charge is 2.66. The summed E-state index contributed by atoms with van der Waals surface area (Å²) in [5, 5.41) is 19.8. The molecule has 0 aliphatic carbocycles. The molecule has 2 N–H and O–H groups in total. The molecule has 1 aliphatic heterocycles. The number of aliphatic hydroxyl groups excluding tert-OH is 2. The molecular formula is C18H23NO5. The first kappa shape index (κ1) is 18.2. The molecular weight excluding hydrogens is 310 g/mol. The Bertz CT molecular complexity index is 637. The van der Waals surface area contributed by atoms with Crippen LogP contribution in [0.4, 0.5) is 5.69 Å². The summed E-state index contributed by atoms with van der Waals surface area (Å²) in [7, 11) is 2.98. The highest BCUT2D eigenvalue weighted by molar-refractivity contribution is 6.09. The molecule has 0 saturated carbocycles. The van der Waals surface area contributed by atoms with Crippen molar-refractivity contribution in [1.29, 1.82) is 0 Å². The monoisotopic (exact) mass is 333 g/mol. The van der Waals surface area contributed by atoms with Gasteiger partial charge in [0.15, 0.2) is 5.60 Å². The predicted molar refractivity (Wildman–Crippen MR) is 90.0 cm³/mol. The molecule has 130 valence electrons. The Hall–Kier alpha value is -2.11. The van der Waals surface area contributed by atoms with E-state index in [1.54, 1.807) is 44.4 Å². The molecule has 1 aromatic carbocycles. The lowest BCUT2D eigenvalue weighted by Crippen LogP contribution is -2.81. The van der Waals surface area contributed by atoms with E-state index < -0.39 is 24.4 Å². The van der Waals surface area contributed by atoms with Crippen LogP contribution in [-0.4, -0.2) is 54.7 Å². The molecule has 1 saturated heterocycles. The molecule has 4 atom stereocenters. The lowest BCUT2D eigenvalue weighted by Gasteiger charge is -2.58. The van der Waals surface area contributed by atoms with Crippen LogP contribution >= 0.6 is 0 Å². The number of aliphatic hydroxyl groups is 2. The first-order valence-electron chi connectivity index (χ1n) is 7.65. The fourth-order valence-electron chi connectivity index (χ4n) is 3.30. The fourth-order valence-corrected chi connectivity index (χ4v) is 3.30. The van der Waals surface area contributed by atoms with Crippen molar-refractivity contribution >= 4 is 11.6 Å². The molecule has 24 heavy (non-hydrogen) atoms. The first-order chi connectivity index (χ1) is 11.5. The summed E-state index contributed by atoms with van der Waals surface area (Å²) in [5.74, 6) is 0.00630. The van der Waals surface area contributed by atoms with Gasteiger partial charge in [-0.1, -0.05) is 13.5 Å². The number of hydrogen-bond donors (Lipinski definition) is 2. The van der Waals surface area contributed by atoms with Crippen LogP contribution in [0.15, 0.2) is 42.7 Å². The second-order valence-electron chi connectivity index (χ2n) is 5.72. The number of hydrogen-bond acceptors (Lipinski definition) is 5. The SMILES string of the molecule is C=C=CC(C)[C@]1(OC)C(=O)N(c2ccc(OC)cc2)[C@H]1[C@H](O)CO. The average Bonchev–Trinajstić information content (AvgIpc) is 2.60. The van der Waals surface area contributed by atoms with E-state index in [-0.39, 0.29) is 11.8 Å². The lowest BCUT2D eigenvalue weighted by atomic mass is 9.70. The van der Waals surface area contributed by atoms with Crippen molar-refractivity contribution in [3.8, 4) is 5.75 Å². The molecule has 1 heterocycles. The minimum absolute atomic E-state index is 0.285. The van der Waals surface area contributed by atoms with Gasteiger partial charge in [0.1, 0.15) is 17.9 Å². The number of amides is 1. The molecule has 1 amide bonds. The maximum Gasteiger partial charge on any atom is 0.262 e. The smallest absolute Gasteiger partial charge is 0.262 e. The zero-order valence-electron chi connectivity index (χ0n) is 14.1. The van der Waals surface area contributed by atoms with Crippen LogP contribution in [0.5, 0.6) is 5.75 Å². The third-order valence-corrected chi connectivity index (χ3v) is 4.55. The van der Waals surface area contributed by atoms with Gasteiger partial charge in [0.05, 0.1) is 13.7 Å². The number of ether oxygens (including phenoxy) is 2. The Morgan fingerprint density at radius 3 is 2.50 bits per heavy atom. The maximum absolute atomic E-state index is 12.9. The molecule has 2 rings (SSSR count). The first-order valence-corrected chi connectivity index (χ1v) is 7.65. The van der Waals surface area contributed by atoms with E-state index in [1.165, 1.54) is 12.0 Å². The van der Waals surface area contributed by atoms with E-state index in [1.807, 2.05) is 0 Å². The summed E-state index contributed by atoms with van der Waals surface area (Å²) < 4.78 is 10.7. The standard InChI is InChI=1S/C18H23NO5/c1-5-6-12(2)18(24-4)16(15(21)11-20)19(17(18)22)13-7-9-14(23-3)10-8-13/h6-10,12,15-16,20-21H,1,11H2,2-4H3/t12?,15-,16+,18-/m1/s1. The highest BCUT2D eigenvalue weighted by atomic mass is 16.5. The number of carbonyl (C=O) groups excluding carboxylic acids is 1. The Morgan fingerprint density at radius 2 is 2.04 bits per heavy atom. The van der Waals surface area contributed by atoms with Crippen molar-refractivity contribution in [3.05, 3.63) is 42.7 Å². The second kappa shape index (κ2) is 7.20. The fraction of sp³-hybridized carbons (Fsp3) is 0.444. The number of rotatable bonds is 7. The quantitative estimate of drug-likeness (QED) is 0.578. The van der Waals surface area contributed by atoms with E-state index in [0.717, 1.165) is 0 Å². The zero-order valence-corrected chi connectivity index (χ0v) is 14.1. The molecule has 0 radical (unpaired) electrons. The minimum Gasteiger partial charge on any atom is -0.497 e. The van der Waals surface area contributed by atoms with Crippen LogP contribution < -0.4 is 9.64 Å². The number of anilines is 1. The number of carbonyl (C=O) groups is 1. The van der Waals surface area contributed by atoms with Gasteiger partial charge < -0.3 is 24.6 Å². The van der Waals surface area contributed by atoms with Gasteiger partial charge in [0.25, 0.3) is 5.91 Å². The van der Waals surface area contributed by atoms with Crippen molar-refractivity contribution in [2.24, 2.45) is 5.92 Å². The summed E-state index contributed by atoms with van der Waals surface area (Å²) in [5.41, 5.74) is 1.98. The predicted octanol–water partition coefficient (Wildman–Crippen LogP) is 1.13. The molecule has 1 fully saturated rings. The third kappa shape index (κ3) is 2.64. The summed E-state index contributed by atoms with van der Waals surface area (Å²) in [4.78, 5) is 14.4. The van der Waals surface area contributed by atoms with Crippen LogP contribution in [-0.2, 0) is 9.53 Å². The summed E-state index contributed by atoms with van der Waals surface area (Å²) in [6.07, 6.45) is 0.481. The Morgan fingerprint density at radius 1 is 1.42 bits per heavy atom. The van der Waals surface area contributed by atoms with E-state index in [4.69, 9.17) is 9.47 Å². The minimum atomic E-state index is -1.27. The number of benzene rings is 1. The van der Waals surface area contributed by atoms with Gasteiger partial charge in [-0.2, -0.15) is 0 Å². The van der Waals surface area contributed by atoms with Gasteiger partial charge in [-0.25, -0.2) is 0 Å². The van der Waals surface area contributed by atoms with E-state index in [2.05, 4.69) is 12.3 Å². The van der Waals surface area contributed by atoms with E-state index in [0.29, 0.717) is 11.4 Å². The Kier molecular flexibility index (Phi) is 5.47. The van der Waals surface area contributed by atoms with Crippen molar-refractivity contribution in [2.75, 3.05) is 25.7 Å². The summed E-state index contributed by atoms with van der Waals surface area (Å²) in [6, 6.07) is 6.17. The van der Waals surface area contributed by atoms with E-state index in [9.17, 15) is 15.0 Å². The topological polar surface area (TPSA) is 79.2 Å². The van der Waals surface area contributed by atoms with E-state index >= 15 is 0 Å².